The Balaban J connectivity index is 2.57. The van der Waals surface area contributed by atoms with Crippen LogP contribution in [0.1, 0.15) is 73.6 Å². The molecule has 0 heterocycles. The molecule has 0 aromatic rings. The van der Waals surface area contributed by atoms with E-state index >= 15 is 0 Å². The molecule has 1 unspecified atom stereocenters. The van der Waals surface area contributed by atoms with Gasteiger partial charge in [0.2, 0.25) is 5.91 Å². The van der Waals surface area contributed by atoms with Gasteiger partial charge in [0.15, 0.2) is 0 Å². The van der Waals surface area contributed by atoms with E-state index in [-0.39, 0.29) is 23.7 Å². The average molecular weight is 414 g/mol. The van der Waals surface area contributed by atoms with Crippen LogP contribution in [0.15, 0.2) is 58.7 Å². The first kappa shape index (κ1) is 25.7. The highest BCUT2D eigenvalue weighted by atomic mass is 16.4. The lowest BCUT2D eigenvalue weighted by Gasteiger charge is -2.32. The molecule has 0 aliphatic heterocycles. The maximum absolute atomic E-state index is 12.0. The van der Waals surface area contributed by atoms with Crippen molar-refractivity contribution in [2.45, 2.75) is 73.6 Å². The molecule has 0 saturated carbocycles. The number of allylic oxidation sites excluding steroid dienone is 9. The molecular weight excluding hydrogens is 374 g/mol. The highest BCUT2D eigenvalue weighted by Crippen LogP contribution is 2.40. The molecule has 1 aliphatic carbocycles. The Bertz CT molecular complexity index is 763. The molecule has 1 atom stereocenters. The summed E-state index contributed by atoms with van der Waals surface area (Å²) in [6.45, 7) is 13.3. The lowest BCUT2D eigenvalue weighted by atomic mass is 9.72. The highest BCUT2D eigenvalue weighted by Gasteiger charge is 2.26. The molecule has 0 aromatic heterocycles. The Kier molecular flexibility index (Phi) is 10.6. The lowest BCUT2D eigenvalue weighted by Crippen LogP contribution is -2.27. The van der Waals surface area contributed by atoms with Crippen molar-refractivity contribution in [3.05, 3.63) is 58.7 Å². The Morgan fingerprint density at radius 3 is 2.53 bits per heavy atom. The van der Waals surface area contributed by atoms with E-state index in [1.807, 2.05) is 32.1 Å². The summed E-state index contributed by atoms with van der Waals surface area (Å²) in [6, 6.07) is 0. The van der Waals surface area contributed by atoms with Gasteiger partial charge in [-0.25, -0.2) is 0 Å². The zero-order valence-electron chi connectivity index (χ0n) is 19.5. The Labute approximate surface area is 182 Å². The molecule has 1 rings (SSSR count). The van der Waals surface area contributed by atoms with Crippen molar-refractivity contribution in [2.24, 2.45) is 11.3 Å². The molecule has 0 aromatic carbocycles. The topological polar surface area (TPSA) is 66.4 Å². The predicted molar refractivity (Wildman–Crippen MR) is 125 cm³/mol. The van der Waals surface area contributed by atoms with Crippen molar-refractivity contribution in [1.29, 1.82) is 0 Å². The smallest absolute Gasteiger partial charge is 0.303 e. The van der Waals surface area contributed by atoms with Crippen molar-refractivity contribution in [1.82, 2.24) is 5.32 Å². The van der Waals surface area contributed by atoms with E-state index in [0.29, 0.717) is 13.0 Å². The number of amides is 1. The standard InChI is InChI=1S/C26H39NO3/c1-19(12-14-23-22(4)11-8-16-26(23,5)6)9-7-10-20(2)17-24(28)27-18-21(3)13-15-25(29)30/h7,9-10,12,14,17,21H,8,11,13,15-16,18H2,1-6H3,(H,27,28)(H,29,30). The third-order valence-corrected chi connectivity index (χ3v) is 5.61. The molecule has 30 heavy (non-hydrogen) atoms. The van der Waals surface area contributed by atoms with Crippen LogP contribution < -0.4 is 5.32 Å². The Morgan fingerprint density at radius 2 is 1.90 bits per heavy atom. The van der Waals surface area contributed by atoms with Crippen LogP contribution in [0.4, 0.5) is 0 Å². The molecule has 0 fully saturated rings. The second-order valence-electron chi connectivity index (χ2n) is 9.21. The van der Waals surface area contributed by atoms with E-state index in [0.717, 1.165) is 11.1 Å². The molecule has 0 spiro atoms. The summed E-state index contributed by atoms with van der Waals surface area (Å²) in [5, 5.41) is 11.5. The van der Waals surface area contributed by atoms with Crippen LogP contribution in [-0.4, -0.2) is 23.5 Å². The predicted octanol–water partition coefficient (Wildman–Crippen LogP) is 6.14. The van der Waals surface area contributed by atoms with Gasteiger partial charge in [-0.3, -0.25) is 9.59 Å². The number of nitrogens with one attached hydrogen (secondary N) is 1. The highest BCUT2D eigenvalue weighted by molar-refractivity contribution is 5.88. The maximum atomic E-state index is 12.0. The van der Waals surface area contributed by atoms with Crippen LogP contribution in [0.25, 0.3) is 0 Å². The zero-order chi connectivity index (χ0) is 22.7. The van der Waals surface area contributed by atoms with E-state index in [2.05, 4.69) is 45.2 Å². The zero-order valence-corrected chi connectivity index (χ0v) is 19.5. The fourth-order valence-electron chi connectivity index (χ4n) is 3.69. The number of hydrogen-bond acceptors (Lipinski definition) is 2. The van der Waals surface area contributed by atoms with E-state index in [1.54, 1.807) is 6.08 Å². The van der Waals surface area contributed by atoms with Crippen molar-refractivity contribution < 1.29 is 14.7 Å². The molecule has 0 saturated heterocycles. The van der Waals surface area contributed by atoms with E-state index in [4.69, 9.17) is 5.11 Å². The first-order chi connectivity index (χ1) is 14.0. The third kappa shape index (κ3) is 9.91. The molecule has 4 heteroatoms. The number of rotatable bonds is 10. The Hall–Kier alpha value is -2.36. The third-order valence-electron chi connectivity index (χ3n) is 5.61. The van der Waals surface area contributed by atoms with Crippen LogP contribution >= 0.6 is 0 Å². The molecule has 1 amide bonds. The summed E-state index contributed by atoms with van der Waals surface area (Å²) in [7, 11) is 0. The molecular formula is C26H39NO3. The van der Waals surface area contributed by atoms with E-state index < -0.39 is 5.97 Å². The van der Waals surface area contributed by atoms with Crippen LogP contribution in [0.2, 0.25) is 0 Å². The quantitative estimate of drug-likeness (QED) is 0.334. The normalized spacial score (nSPS) is 18.9. The summed E-state index contributed by atoms with van der Waals surface area (Å²) in [5.74, 6) is -0.817. The summed E-state index contributed by atoms with van der Waals surface area (Å²) in [6.07, 6.45) is 16.3. The number of carboxylic acid groups (broad SMARTS) is 1. The van der Waals surface area contributed by atoms with Gasteiger partial charge in [-0.1, -0.05) is 62.3 Å². The van der Waals surface area contributed by atoms with Gasteiger partial charge in [0.05, 0.1) is 0 Å². The van der Waals surface area contributed by atoms with Gasteiger partial charge in [0, 0.05) is 19.0 Å². The van der Waals surface area contributed by atoms with Gasteiger partial charge in [-0.2, -0.15) is 0 Å². The summed E-state index contributed by atoms with van der Waals surface area (Å²) in [5.41, 5.74) is 5.22. The minimum Gasteiger partial charge on any atom is -0.481 e. The molecule has 166 valence electrons. The minimum atomic E-state index is -0.804. The van der Waals surface area contributed by atoms with Crippen molar-refractivity contribution >= 4 is 11.9 Å². The Morgan fingerprint density at radius 1 is 1.20 bits per heavy atom. The average Bonchev–Trinajstić information content (AvgIpc) is 2.63. The first-order valence-corrected chi connectivity index (χ1v) is 10.9. The van der Waals surface area contributed by atoms with Gasteiger partial charge < -0.3 is 10.4 Å². The van der Waals surface area contributed by atoms with Crippen molar-refractivity contribution in [2.75, 3.05) is 6.54 Å². The number of aliphatic carboxylic acids is 1. The maximum Gasteiger partial charge on any atom is 0.303 e. The van der Waals surface area contributed by atoms with Crippen LogP contribution in [-0.2, 0) is 9.59 Å². The van der Waals surface area contributed by atoms with Crippen LogP contribution in [0, 0.1) is 11.3 Å². The number of carboxylic acids is 1. The fourth-order valence-corrected chi connectivity index (χ4v) is 3.69. The summed E-state index contributed by atoms with van der Waals surface area (Å²) >= 11 is 0. The molecule has 0 radical (unpaired) electrons. The van der Waals surface area contributed by atoms with Gasteiger partial charge >= 0.3 is 5.97 Å². The van der Waals surface area contributed by atoms with Crippen molar-refractivity contribution in [3.63, 3.8) is 0 Å². The van der Waals surface area contributed by atoms with Crippen LogP contribution in [0.3, 0.4) is 0 Å². The van der Waals surface area contributed by atoms with Crippen LogP contribution in [0.5, 0.6) is 0 Å². The molecule has 2 N–H and O–H groups in total. The SMILES string of the molecule is CC(C=CC1=C(C)CCCC1(C)C)=CC=CC(C)=CC(=O)NCC(C)CCC(=O)O. The largest absolute Gasteiger partial charge is 0.481 e. The van der Waals surface area contributed by atoms with Gasteiger partial charge in [-0.05, 0) is 68.9 Å². The summed E-state index contributed by atoms with van der Waals surface area (Å²) in [4.78, 5) is 22.6. The molecule has 0 bridgehead atoms. The van der Waals surface area contributed by atoms with Crippen molar-refractivity contribution in [3.8, 4) is 0 Å². The molecule has 4 nitrogen and oxygen atoms in total. The summed E-state index contributed by atoms with van der Waals surface area (Å²) < 4.78 is 0. The fraction of sp³-hybridized carbons (Fsp3) is 0.538. The van der Waals surface area contributed by atoms with Gasteiger partial charge in [0.1, 0.15) is 0 Å². The number of carbonyl (C=O) groups is 2. The molecule has 1 aliphatic rings. The minimum absolute atomic E-state index is 0.128. The van der Waals surface area contributed by atoms with E-state index in [1.165, 1.54) is 30.4 Å². The second-order valence-corrected chi connectivity index (χ2v) is 9.21. The van der Waals surface area contributed by atoms with Gasteiger partial charge in [0.25, 0.3) is 0 Å². The second kappa shape index (κ2) is 12.4. The van der Waals surface area contributed by atoms with Gasteiger partial charge in [-0.15, -0.1) is 0 Å². The number of carbonyl (C=O) groups excluding carboxylic acids is 1. The first-order valence-electron chi connectivity index (χ1n) is 10.9. The number of hydrogen-bond donors (Lipinski definition) is 2. The van der Waals surface area contributed by atoms with E-state index in [9.17, 15) is 9.59 Å². The monoisotopic (exact) mass is 413 g/mol. The lowest BCUT2D eigenvalue weighted by molar-refractivity contribution is -0.137.